The van der Waals surface area contributed by atoms with Gasteiger partial charge in [0.1, 0.15) is 0 Å². The van der Waals surface area contributed by atoms with Crippen molar-refractivity contribution in [1.82, 2.24) is 0 Å². The topological polar surface area (TPSA) is 40.9 Å². The number of nitrogens with one attached hydrogen (secondary N) is 1. The minimum Gasteiger partial charge on any atom is -0.211 e. The largest absolute Gasteiger partial charge is 0.490 e. The second-order valence-corrected chi connectivity index (χ2v) is 1.65. The van der Waals surface area contributed by atoms with Gasteiger partial charge in [0.05, 0.1) is 0 Å². The van der Waals surface area contributed by atoms with Crippen molar-refractivity contribution < 1.29 is 4.79 Å². The predicted octanol–water partition coefficient (Wildman–Crippen LogP) is 0.881. The van der Waals surface area contributed by atoms with Gasteiger partial charge in [0, 0.05) is 0 Å². The highest BCUT2D eigenvalue weighted by atomic mass is 32.2. The molecule has 0 bridgehead atoms. The molecule has 28 valence electrons. The first-order chi connectivity index (χ1) is 2.27. The van der Waals surface area contributed by atoms with Gasteiger partial charge >= 0.3 is 16.0 Å². The number of carbonyl (C=O) groups is 1. The molecule has 0 aliphatic rings. The normalized spacial score (nSPS) is 6.60. The van der Waals surface area contributed by atoms with E-state index in [1.54, 1.807) is 0 Å². The summed E-state index contributed by atoms with van der Waals surface area (Å²) in [5.41, 5.74) is 0. The highest BCUT2D eigenvalue weighted by molar-refractivity contribution is 8.17. The number of carbonyl (C=O) groups excluding carboxylic acids is 1. The van der Waals surface area contributed by atoms with Crippen LogP contribution in [0.5, 0.6) is 0 Å². The maximum absolute atomic E-state index is 9.45. The third kappa shape index (κ3) is 4.04. The molecule has 0 aliphatic carbocycles. The van der Waals surface area contributed by atoms with Gasteiger partial charge in [-0.2, -0.15) is 0 Å². The van der Waals surface area contributed by atoms with Crippen LogP contribution in [-0.2, 0) is 11.6 Å². The smallest absolute Gasteiger partial charge is 0.211 e. The Balaban J connectivity index is 3.20. The first-order valence-electron chi connectivity index (χ1n) is 0.836. The second-order valence-electron chi connectivity index (χ2n) is 0.368. The third-order valence-electron chi connectivity index (χ3n) is 0.0873. The molecule has 0 rings (SSSR count). The van der Waals surface area contributed by atoms with Gasteiger partial charge in [-0.25, -0.2) is 4.79 Å². The molecule has 4 heteroatoms. The zero-order valence-electron chi connectivity index (χ0n) is 2.26. The Bertz CT molecular complexity index is 60.7. The van der Waals surface area contributed by atoms with Gasteiger partial charge in [0.2, 0.25) is 0 Å². The molecular formula is CH2NOS2+. The van der Waals surface area contributed by atoms with E-state index in [1.165, 1.54) is 0 Å². The summed E-state index contributed by atoms with van der Waals surface area (Å²) in [4.78, 5) is 9.45. The maximum Gasteiger partial charge on any atom is 0.490 e. The van der Waals surface area contributed by atoms with E-state index in [1.807, 2.05) is 0 Å². The molecule has 0 saturated carbocycles. The van der Waals surface area contributed by atoms with E-state index in [0.29, 0.717) is 11.6 Å². The summed E-state index contributed by atoms with van der Waals surface area (Å²) in [5, 5.41) is 0. The van der Waals surface area contributed by atoms with Gasteiger partial charge in [-0.3, -0.25) is 0 Å². The highest BCUT2D eigenvalue weighted by Gasteiger charge is 1.98. The van der Waals surface area contributed by atoms with Crippen LogP contribution in [-0.4, -0.2) is 4.45 Å². The molecule has 0 fully saturated rings. The minimum absolute atomic E-state index is 0.355. The van der Waals surface area contributed by atoms with Crippen LogP contribution in [0.2, 0.25) is 0 Å². The molecule has 0 aromatic carbocycles. The maximum atomic E-state index is 9.45. The molecule has 1 N–H and O–H groups in total. The average molecular weight is 108 g/mol. The van der Waals surface area contributed by atoms with Crippen LogP contribution in [0, 0.1) is 4.78 Å². The SMILES string of the molecule is N=[S+]C(=O)S. The lowest BCUT2D eigenvalue weighted by Crippen LogP contribution is -1.67. The molecule has 0 radical (unpaired) electrons. The molecule has 0 spiro atoms. The number of rotatable bonds is 0. The van der Waals surface area contributed by atoms with Crippen molar-refractivity contribution in [1.29, 1.82) is 4.78 Å². The molecule has 0 aromatic heterocycles. The molecule has 0 atom stereocenters. The molecule has 0 saturated heterocycles. The van der Waals surface area contributed by atoms with E-state index < -0.39 is 4.45 Å². The molecule has 2 nitrogen and oxygen atoms in total. The average Bonchev–Trinajstić information content (AvgIpc) is 1.38. The van der Waals surface area contributed by atoms with Crippen LogP contribution in [0.1, 0.15) is 0 Å². The monoisotopic (exact) mass is 108 g/mol. The summed E-state index contributed by atoms with van der Waals surface area (Å²) in [6, 6.07) is 0. The molecular weight excluding hydrogens is 106 g/mol. The second kappa shape index (κ2) is 2.29. The van der Waals surface area contributed by atoms with Gasteiger partial charge < -0.3 is 0 Å². The van der Waals surface area contributed by atoms with Crippen molar-refractivity contribution in [3.8, 4) is 0 Å². The summed E-state index contributed by atoms with van der Waals surface area (Å²) in [7, 11) is 0. The highest BCUT2D eigenvalue weighted by Crippen LogP contribution is 1.74. The van der Waals surface area contributed by atoms with E-state index in [4.69, 9.17) is 4.78 Å². The first kappa shape index (κ1) is 5.04. The van der Waals surface area contributed by atoms with Crippen LogP contribution < -0.4 is 0 Å². The van der Waals surface area contributed by atoms with Crippen LogP contribution in [0.4, 0.5) is 4.79 Å². The molecule has 0 aliphatic heterocycles. The van der Waals surface area contributed by atoms with Crippen molar-refractivity contribution in [2.75, 3.05) is 0 Å². The lowest BCUT2D eigenvalue weighted by atomic mass is 11.8. The van der Waals surface area contributed by atoms with Gasteiger partial charge in [0.15, 0.2) is 0 Å². The van der Waals surface area contributed by atoms with Crippen LogP contribution in [0.25, 0.3) is 0 Å². The van der Waals surface area contributed by atoms with Gasteiger partial charge in [-0.05, 0) is 17.4 Å². The van der Waals surface area contributed by atoms with E-state index in [-0.39, 0.29) is 0 Å². The van der Waals surface area contributed by atoms with Crippen molar-refractivity contribution >= 4 is 28.6 Å². The summed E-state index contributed by atoms with van der Waals surface area (Å²) in [6.45, 7) is 0. The van der Waals surface area contributed by atoms with E-state index >= 15 is 0 Å². The fourth-order valence-corrected chi connectivity index (χ4v) is 0. The lowest BCUT2D eigenvalue weighted by molar-refractivity contribution is 0.277. The zero-order valence-corrected chi connectivity index (χ0v) is 3.97. The van der Waals surface area contributed by atoms with Crippen molar-refractivity contribution in [3.05, 3.63) is 0 Å². The molecule has 0 amide bonds. The molecule has 0 heterocycles. The first-order valence-corrected chi connectivity index (χ1v) is 2.10. The van der Waals surface area contributed by atoms with Crippen LogP contribution >= 0.6 is 12.6 Å². The Morgan fingerprint density at radius 3 is 2.20 bits per heavy atom. The quantitative estimate of drug-likeness (QED) is 0.351. The third-order valence-corrected chi connectivity index (χ3v) is 0.536. The Labute approximate surface area is 38.9 Å². The molecule has 0 unspecified atom stereocenters. The Morgan fingerprint density at radius 2 is 2.20 bits per heavy atom. The summed E-state index contributed by atoms with van der Waals surface area (Å²) < 4.78 is 5.68. The fourth-order valence-electron chi connectivity index (χ4n) is 0. The summed E-state index contributed by atoms with van der Waals surface area (Å²) >= 11 is 3.59. The zero-order chi connectivity index (χ0) is 4.28. The minimum atomic E-state index is -0.468. The lowest BCUT2D eigenvalue weighted by Gasteiger charge is -1.38. The Kier molecular flexibility index (Phi) is 2.31. The number of hydrogen-bond donors (Lipinski definition) is 2. The van der Waals surface area contributed by atoms with Gasteiger partial charge in [-0.15, -0.1) is 0 Å². The van der Waals surface area contributed by atoms with E-state index in [9.17, 15) is 4.79 Å². The summed E-state index contributed by atoms with van der Waals surface area (Å²) in [6.07, 6.45) is 0. The standard InChI is InChI=1S/CHNOS2/c2-5-1(3)4/h2H/p+1. The van der Waals surface area contributed by atoms with Crippen LogP contribution in [0.3, 0.4) is 0 Å². The Hall–Kier alpha value is 0.0400. The van der Waals surface area contributed by atoms with E-state index in [0.717, 1.165) is 0 Å². The van der Waals surface area contributed by atoms with Crippen molar-refractivity contribution in [2.24, 2.45) is 0 Å². The molecule has 5 heavy (non-hydrogen) atoms. The van der Waals surface area contributed by atoms with Crippen molar-refractivity contribution in [3.63, 3.8) is 0 Å². The molecule has 0 aromatic rings. The van der Waals surface area contributed by atoms with Crippen LogP contribution in [0.15, 0.2) is 0 Å². The fraction of sp³-hybridized carbons (Fsp3) is 0. The summed E-state index contributed by atoms with van der Waals surface area (Å²) in [5.74, 6) is 0. The van der Waals surface area contributed by atoms with Crippen molar-refractivity contribution in [2.45, 2.75) is 0 Å². The van der Waals surface area contributed by atoms with Gasteiger partial charge in [-0.1, -0.05) is 0 Å². The predicted molar refractivity (Wildman–Crippen MR) is 24.5 cm³/mol. The number of thiol groups is 1. The Morgan fingerprint density at radius 1 is 2.00 bits per heavy atom. The van der Waals surface area contributed by atoms with E-state index in [2.05, 4.69) is 12.6 Å². The van der Waals surface area contributed by atoms with Gasteiger partial charge in [0.25, 0.3) is 0 Å². The number of hydrogen-bond acceptors (Lipinski definition) is 2.